The van der Waals surface area contributed by atoms with E-state index >= 15 is 0 Å². The van der Waals surface area contributed by atoms with Gasteiger partial charge in [-0.05, 0) is 31.2 Å². The van der Waals surface area contributed by atoms with Gasteiger partial charge in [0.05, 0.1) is 19.3 Å². The summed E-state index contributed by atoms with van der Waals surface area (Å²) >= 11 is 1.72. The number of carbonyl (C=O) groups is 1. The highest BCUT2D eigenvalue weighted by Gasteiger charge is 2.21. The number of thiophene rings is 1. The van der Waals surface area contributed by atoms with E-state index in [1.807, 2.05) is 13.0 Å². The van der Waals surface area contributed by atoms with Crippen LogP contribution in [0.4, 0.5) is 0 Å². The second-order valence-corrected chi connectivity index (χ2v) is 5.72. The Morgan fingerprint density at radius 2 is 2.53 bits per heavy atom. The van der Waals surface area contributed by atoms with E-state index in [4.69, 9.17) is 9.47 Å². The lowest BCUT2D eigenvalue weighted by Crippen LogP contribution is -2.36. The van der Waals surface area contributed by atoms with Crippen molar-refractivity contribution >= 4 is 17.3 Å². The van der Waals surface area contributed by atoms with E-state index in [0.29, 0.717) is 13.2 Å². The van der Waals surface area contributed by atoms with Crippen LogP contribution in [-0.2, 0) is 20.8 Å². The first-order valence-corrected chi connectivity index (χ1v) is 7.68. The lowest BCUT2D eigenvalue weighted by molar-refractivity contribution is -0.144. The highest BCUT2D eigenvalue weighted by molar-refractivity contribution is 7.09. The van der Waals surface area contributed by atoms with Crippen molar-refractivity contribution in [2.24, 2.45) is 0 Å². The molecule has 1 aromatic heterocycles. The molecule has 0 spiro atoms. The standard InChI is InChI=1S/C14H21NO3S/c1-2-17-14(16)11-15(9-12-5-3-7-18-12)10-13-6-4-8-19-13/h4,6,8,12H,2-3,5,7,9-11H2,1H3. The van der Waals surface area contributed by atoms with E-state index in [-0.39, 0.29) is 12.1 Å². The molecule has 2 rings (SSSR count). The van der Waals surface area contributed by atoms with Crippen molar-refractivity contribution in [1.82, 2.24) is 4.90 Å². The van der Waals surface area contributed by atoms with Gasteiger partial charge in [-0.3, -0.25) is 9.69 Å². The van der Waals surface area contributed by atoms with Gasteiger partial charge in [-0.25, -0.2) is 0 Å². The summed E-state index contributed by atoms with van der Waals surface area (Å²) in [5, 5.41) is 2.06. The van der Waals surface area contributed by atoms with Crippen molar-refractivity contribution < 1.29 is 14.3 Å². The SMILES string of the molecule is CCOC(=O)CN(Cc1cccs1)CC1CCCO1. The normalized spacial score (nSPS) is 18.9. The maximum absolute atomic E-state index is 11.7. The molecule has 1 atom stereocenters. The number of esters is 1. The Hall–Kier alpha value is -0.910. The second-order valence-electron chi connectivity index (χ2n) is 4.69. The molecule has 1 aliphatic rings. The molecule has 106 valence electrons. The minimum Gasteiger partial charge on any atom is -0.465 e. The van der Waals surface area contributed by atoms with E-state index in [2.05, 4.69) is 16.3 Å². The first-order chi connectivity index (χ1) is 9.28. The van der Waals surface area contributed by atoms with E-state index in [9.17, 15) is 4.79 Å². The van der Waals surface area contributed by atoms with Crippen molar-refractivity contribution in [1.29, 1.82) is 0 Å². The number of nitrogens with zero attached hydrogens (tertiary/aromatic N) is 1. The van der Waals surface area contributed by atoms with Gasteiger partial charge < -0.3 is 9.47 Å². The molecule has 0 radical (unpaired) electrons. The Labute approximate surface area is 118 Å². The molecule has 0 N–H and O–H groups in total. The van der Waals surface area contributed by atoms with Crippen molar-refractivity contribution in [2.75, 3.05) is 26.3 Å². The van der Waals surface area contributed by atoms with Crippen LogP contribution in [0.25, 0.3) is 0 Å². The highest BCUT2D eigenvalue weighted by Crippen LogP contribution is 2.17. The molecule has 0 amide bonds. The predicted molar refractivity (Wildman–Crippen MR) is 75.2 cm³/mol. The van der Waals surface area contributed by atoms with Gasteiger partial charge in [0.1, 0.15) is 0 Å². The third-order valence-corrected chi connectivity index (χ3v) is 3.96. The Bertz CT molecular complexity index is 374. The Balaban J connectivity index is 1.89. The average molecular weight is 283 g/mol. The molecular formula is C14H21NO3S. The van der Waals surface area contributed by atoms with Crippen LogP contribution in [0.1, 0.15) is 24.6 Å². The van der Waals surface area contributed by atoms with E-state index in [1.165, 1.54) is 4.88 Å². The molecule has 2 heterocycles. The molecule has 1 unspecified atom stereocenters. The van der Waals surface area contributed by atoms with Crippen molar-refractivity contribution in [2.45, 2.75) is 32.4 Å². The molecule has 19 heavy (non-hydrogen) atoms. The zero-order valence-electron chi connectivity index (χ0n) is 11.3. The van der Waals surface area contributed by atoms with E-state index in [0.717, 1.165) is 32.5 Å². The Morgan fingerprint density at radius 1 is 1.63 bits per heavy atom. The van der Waals surface area contributed by atoms with Gasteiger partial charge in [0.25, 0.3) is 0 Å². The summed E-state index contributed by atoms with van der Waals surface area (Å²) in [6.07, 6.45) is 2.47. The topological polar surface area (TPSA) is 38.8 Å². The quantitative estimate of drug-likeness (QED) is 0.720. The highest BCUT2D eigenvalue weighted by atomic mass is 32.1. The molecule has 0 aliphatic carbocycles. The van der Waals surface area contributed by atoms with Crippen LogP contribution in [0.5, 0.6) is 0 Å². The van der Waals surface area contributed by atoms with Crippen LogP contribution < -0.4 is 0 Å². The summed E-state index contributed by atoms with van der Waals surface area (Å²) < 4.78 is 10.7. The molecule has 0 saturated carbocycles. The third kappa shape index (κ3) is 4.93. The molecule has 4 nitrogen and oxygen atoms in total. The number of rotatable bonds is 7. The summed E-state index contributed by atoms with van der Waals surface area (Å²) in [4.78, 5) is 15.0. The summed E-state index contributed by atoms with van der Waals surface area (Å²) in [5.74, 6) is -0.156. The van der Waals surface area contributed by atoms with E-state index < -0.39 is 0 Å². The number of ether oxygens (including phenoxy) is 2. The van der Waals surface area contributed by atoms with E-state index in [1.54, 1.807) is 11.3 Å². The summed E-state index contributed by atoms with van der Waals surface area (Å²) in [6.45, 7) is 5.04. The fraction of sp³-hybridized carbons (Fsp3) is 0.643. The molecule has 1 saturated heterocycles. The van der Waals surface area contributed by atoms with Crippen LogP contribution in [0, 0.1) is 0 Å². The zero-order chi connectivity index (χ0) is 13.5. The third-order valence-electron chi connectivity index (χ3n) is 3.10. The van der Waals surface area contributed by atoms with Crippen LogP contribution in [-0.4, -0.2) is 43.3 Å². The van der Waals surface area contributed by atoms with Gasteiger partial charge in [-0.2, -0.15) is 0 Å². The van der Waals surface area contributed by atoms with Crippen LogP contribution in [0.15, 0.2) is 17.5 Å². The maximum atomic E-state index is 11.7. The van der Waals surface area contributed by atoms with Gasteiger partial charge in [-0.1, -0.05) is 6.07 Å². The molecule has 1 fully saturated rings. The molecule has 1 aliphatic heterocycles. The summed E-state index contributed by atoms with van der Waals surface area (Å²) in [7, 11) is 0. The van der Waals surface area contributed by atoms with Crippen LogP contribution >= 0.6 is 11.3 Å². The molecule has 0 aromatic carbocycles. The Kier molecular flexibility index (Phi) is 5.82. The predicted octanol–water partition coefficient (Wildman–Crippen LogP) is 2.29. The minimum atomic E-state index is -0.156. The zero-order valence-corrected chi connectivity index (χ0v) is 12.2. The molecule has 0 bridgehead atoms. The van der Waals surface area contributed by atoms with Gasteiger partial charge in [0.2, 0.25) is 0 Å². The lowest BCUT2D eigenvalue weighted by Gasteiger charge is -2.23. The average Bonchev–Trinajstić information content (AvgIpc) is 3.02. The summed E-state index contributed by atoms with van der Waals surface area (Å²) in [6, 6.07) is 4.13. The molecule has 1 aromatic rings. The fourth-order valence-corrected chi connectivity index (χ4v) is 3.02. The number of hydrogen-bond acceptors (Lipinski definition) is 5. The summed E-state index contributed by atoms with van der Waals surface area (Å²) in [5.41, 5.74) is 0. The van der Waals surface area contributed by atoms with Crippen molar-refractivity contribution in [3.63, 3.8) is 0 Å². The smallest absolute Gasteiger partial charge is 0.320 e. The Morgan fingerprint density at radius 3 is 3.16 bits per heavy atom. The molecular weight excluding hydrogens is 262 g/mol. The van der Waals surface area contributed by atoms with Gasteiger partial charge in [-0.15, -0.1) is 11.3 Å². The second kappa shape index (κ2) is 7.62. The maximum Gasteiger partial charge on any atom is 0.320 e. The minimum absolute atomic E-state index is 0.156. The number of carbonyl (C=O) groups excluding carboxylic acids is 1. The molecule has 5 heteroatoms. The monoisotopic (exact) mass is 283 g/mol. The van der Waals surface area contributed by atoms with Crippen LogP contribution in [0.3, 0.4) is 0 Å². The van der Waals surface area contributed by atoms with Gasteiger partial charge in [0.15, 0.2) is 0 Å². The number of hydrogen-bond donors (Lipinski definition) is 0. The van der Waals surface area contributed by atoms with Crippen LogP contribution in [0.2, 0.25) is 0 Å². The van der Waals surface area contributed by atoms with Crippen molar-refractivity contribution in [3.8, 4) is 0 Å². The largest absolute Gasteiger partial charge is 0.465 e. The lowest BCUT2D eigenvalue weighted by atomic mass is 10.2. The van der Waals surface area contributed by atoms with Gasteiger partial charge >= 0.3 is 5.97 Å². The first-order valence-electron chi connectivity index (χ1n) is 6.80. The van der Waals surface area contributed by atoms with Gasteiger partial charge in [0, 0.05) is 24.6 Å². The first kappa shape index (κ1) is 14.5. The van der Waals surface area contributed by atoms with Crippen molar-refractivity contribution in [3.05, 3.63) is 22.4 Å². The fourth-order valence-electron chi connectivity index (χ4n) is 2.27.